The number of pyridine rings is 1. The molecule has 2 rings (SSSR count). The number of nitrogens with one attached hydrogen (secondary N) is 2. The fourth-order valence-electron chi connectivity index (χ4n) is 1.76. The number of carbonyl (C=O) groups is 1. The maximum atomic E-state index is 11.8. The highest BCUT2D eigenvalue weighted by atomic mass is 16.3. The molecule has 0 radical (unpaired) electrons. The summed E-state index contributed by atoms with van der Waals surface area (Å²) in [6.07, 6.45) is -1.07. The maximum Gasteiger partial charge on any atom is 0.287 e. The lowest BCUT2D eigenvalue weighted by Gasteiger charge is -2.11. The van der Waals surface area contributed by atoms with Gasteiger partial charge in [0.1, 0.15) is 11.9 Å². The smallest absolute Gasteiger partial charge is 0.287 e. The van der Waals surface area contributed by atoms with Gasteiger partial charge in [-0.15, -0.1) is 0 Å². The number of hydrogen-bond donors (Lipinski definition) is 3. The molecule has 0 aliphatic carbocycles. The van der Waals surface area contributed by atoms with Crippen molar-refractivity contribution in [2.45, 2.75) is 13.0 Å². The lowest BCUT2D eigenvalue weighted by molar-refractivity contribution is 0.0882. The van der Waals surface area contributed by atoms with E-state index in [-0.39, 0.29) is 29.0 Å². The number of aryl methyl sites for hydroxylation is 1. The third-order valence-electron chi connectivity index (χ3n) is 2.72. The normalized spacial score (nSPS) is 11.9. The number of H-pyrrole nitrogens is 1. The van der Waals surface area contributed by atoms with Gasteiger partial charge in [-0.3, -0.25) is 14.4 Å². The fraction of sp³-hybridized carbons (Fsp3) is 0.214. The van der Waals surface area contributed by atoms with Crippen LogP contribution in [0.2, 0.25) is 0 Å². The quantitative estimate of drug-likeness (QED) is 0.739. The lowest BCUT2D eigenvalue weighted by Crippen LogP contribution is -2.29. The zero-order valence-corrected chi connectivity index (χ0v) is 11.3. The molecule has 7 nitrogen and oxygen atoms in total. The number of aromatic nitrogens is 1. The van der Waals surface area contributed by atoms with E-state index in [2.05, 4.69) is 10.3 Å². The molecule has 1 amide bonds. The van der Waals surface area contributed by atoms with Gasteiger partial charge in [0, 0.05) is 30.4 Å². The number of aliphatic hydroxyl groups excluding tert-OH is 1. The van der Waals surface area contributed by atoms with Crippen molar-refractivity contribution < 1.29 is 14.3 Å². The Morgan fingerprint density at radius 3 is 2.81 bits per heavy atom. The van der Waals surface area contributed by atoms with E-state index in [4.69, 9.17) is 4.42 Å². The SMILES string of the molecule is Cc1cc(=O)cc(C(=O)NCC(O)c2cccc(=O)[nH]2)o1. The summed E-state index contributed by atoms with van der Waals surface area (Å²) in [6.45, 7) is 1.43. The van der Waals surface area contributed by atoms with Gasteiger partial charge in [0.25, 0.3) is 5.91 Å². The van der Waals surface area contributed by atoms with Crippen LogP contribution in [0.15, 0.2) is 44.3 Å². The molecule has 0 saturated carbocycles. The van der Waals surface area contributed by atoms with Crippen molar-refractivity contribution in [3.05, 3.63) is 68.1 Å². The molecule has 0 fully saturated rings. The Hall–Kier alpha value is -2.67. The summed E-state index contributed by atoms with van der Waals surface area (Å²) in [7, 11) is 0. The van der Waals surface area contributed by atoms with Crippen LogP contribution in [0.3, 0.4) is 0 Å². The Bertz CT molecular complexity index is 762. The number of rotatable bonds is 4. The third kappa shape index (κ3) is 3.90. The average molecular weight is 290 g/mol. The van der Waals surface area contributed by atoms with Crippen LogP contribution in [-0.2, 0) is 0 Å². The molecular weight excluding hydrogens is 276 g/mol. The first kappa shape index (κ1) is 14.7. The highest BCUT2D eigenvalue weighted by Gasteiger charge is 2.13. The van der Waals surface area contributed by atoms with Gasteiger partial charge in [0.15, 0.2) is 11.2 Å². The third-order valence-corrected chi connectivity index (χ3v) is 2.72. The van der Waals surface area contributed by atoms with Crippen molar-refractivity contribution in [2.24, 2.45) is 0 Å². The molecular formula is C14H14N2O5. The Labute approximate surface area is 119 Å². The molecule has 0 spiro atoms. The van der Waals surface area contributed by atoms with E-state index < -0.39 is 12.0 Å². The largest absolute Gasteiger partial charge is 0.456 e. The minimum atomic E-state index is -1.07. The van der Waals surface area contributed by atoms with E-state index in [9.17, 15) is 19.5 Å². The first-order chi connectivity index (χ1) is 9.95. The zero-order chi connectivity index (χ0) is 15.4. The predicted octanol–water partition coefficient (Wildman–Crippen LogP) is 0.0999. The van der Waals surface area contributed by atoms with E-state index in [1.165, 1.54) is 24.3 Å². The molecule has 0 aliphatic rings. The summed E-state index contributed by atoms with van der Waals surface area (Å²) in [5, 5.41) is 12.3. The second kappa shape index (κ2) is 6.19. The molecule has 0 saturated heterocycles. The molecule has 1 atom stereocenters. The van der Waals surface area contributed by atoms with Crippen LogP contribution in [0.1, 0.15) is 28.1 Å². The Morgan fingerprint density at radius 1 is 1.38 bits per heavy atom. The monoisotopic (exact) mass is 290 g/mol. The van der Waals surface area contributed by atoms with Gasteiger partial charge in [-0.25, -0.2) is 0 Å². The predicted molar refractivity (Wildman–Crippen MR) is 74.1 cm³/mol. The van der Waals surface area contributed by atoms with Crippen molar-refractivity contribution >= 4 is 5.91 Å². The fourth-order valence-corrected chi connectivity index (χ4v) is 1.76. The first-order valence-electron chi connectivity index (χ1n) is 6.23. The van der Waals surface area contributed by atoms with Crippen LogP contribution in [0.25, 0.3) is 0 Å². The second-order valence-corrected chi connectivity index (χ2v) is 4.46. The summed E-state index contributed by atoms with van der Waals surface area (Å²) < 4.78 is 5.13. The number of carbonyl (C=O) groups excluding carboxylic acids is 1. The minimum Gasteiger partial charge on any atom is -0.456 e. The molecule has 0 aliphatic heterocycles. The molecule has 3 N–H and O–H groups in total. The molecule has 0 aromatic carbocycles. The van der Waals surface area contributed by atoms with Gasteiger partial charge < -0.3 is 19.8 Å². The van der Waals surface area contributed by atoms with E-state index in [0.29, 0.717) is 5.76 Å². The Kier molecular flexibility index (Phi) is 4.34. The van der Waals surface area contributed by atoms with Crippen LogP contribution in [0.5, 0.6) is 0 Å². The number of aliphatic hydroxyl groups is 1. The van der Waals surface area contributed by atoms with Gasteiger partial charge in [-0.05, 0) is 13.0 Å². The Balaban J connectivity index is 2.04. The van der Waals surface area contributed by atoms with Crippen molar-refractivity contribution in [3.63, 3.8) is 0 Å². The van der Waals surface area contributed by atoms with Crippen LogP contribution >= 0.6 is 0 Å². The van der Waals surface area contributed by atoms with Gasteiger partial charge >= 0.3 is 0 Å². The summed E-state index contributed by atoms with van der Waals surface area (Å²) in [4.78, 5) is 36.7. The first-order valence-corrected chi connectivity index (χ1v) is 6.23. The van der Waals surface area contributed by atoms with Crippen LogP contribution in [-0.4, -0.2) is 22.5 Å². The average Bonchev–Trinajstić information content (AvgIpc) is 2.43. The molecule has 1 unspecified atom stereocenters. The van der Waals surface area contributed by atoms with E-state index in [1.807, 2.05) is 0 Å². The van der Waals surface area contributed by atoms with Crippen molar-refractivity contribution in [1.29, 1.82) is 0 Å². The maximum absolute atomic E-state index is 11.8. The molecule has 2 aromatic heterocycles. The molecule has 21 heavy (non-hydrogen) atoms. The van der Waals surface area contributed by atoms with Crippen LogP contribution in [0.4, 0.5) is 0 Å². The van der Waals surface area contributed by atoms with Gasteiger partial charge in [-0.2, -0.15) is 0 Å². The van der Waals surface area contributed by atoms with E-state index in [1.54, 1.807) is 6.92 Å². The minimum absolute atomic E-state index is 0.129. The number of aromatic amines is 1. The molecule has 7 heteroatoms. The molecule has 2 aromatic rings. The zero-order valence-electron chi connectivity index (χ0n) is 11.3. The summed E-state index contributed by atoms with van der Waals surface area (Å²) >= 11 is 0. The summed E-state index contributed by atoms with van der Waals surface area (Å²) in [5.41, 5.74) is -0.395. The topological polar surface area (TPSA) is 112 Å². The number of hydrogen-bond acceptors (Lipinski definition) is 5. The standard InChI is InChI=1S/C14H14N2O5/c1-8-5-9(17)6-12(21-8)14(20)15-7-11(18)10-3-2-4-13(19)16-10/h2-6,11,18H,7H2,1H3,(H,15,20)(H,16,19). The lowest BCUT2D eigenvalue weighted by atomic mass is 10.2. The highest BCUT2D eigenvalue weighted by molar-refractivity contribution is 5.91. The van der Waals surface area contributed by atoms with Gasteiger partial charge in [-0.1, -0.05) is 6.07 Å². The van der Waals surface area contributed by atoms with Crippen molar-refractivity contribution in [1.82, 2.24) is 10.3 Å². The summed E-state index contributed by atoms with van der Waals surface area (Å²) in [5.74, 6) is -0.428. The van der Waals surface area contributed by atoms with Crippen LogP contribution < -0.4 is 16.3 Å². The Morgan fingerprint density at radius 2 is 2.14 bits per heavy atom. The van der Waals surface area contributed by atoms with Gasteiger partial charge in [0.2, 0.25) is 5.56 Å². The molecule has 110 valence electrons. The van der Waals surface area contributed by atoms with Crippen molar-refractivity contribution in [2.75, 3.05) is 6.54 Å². The van der Waals surface area contributed by atoms with Crippen LogP contribution in [0, 0.1) is 6.92 Å². The highest BCUT2D eigenvalue weighted by Crippen LogP contribution is 2.06. The number of amides is 1. The second-order valence-electron chi connectivity index (χ2n) is 4.46. The van der Waals surface area contributed by atoms with E-state index >= 15 is 0 Å². The summed E-state index contributed by atoms with van der Waals surface area (Å²) in [6, 6.07) is 6.68. The molecule has 2 heterocycles. The van der Waals surface area contributed by atoms with Crippen molar-refractivity contribution in [3.8, 4) is 0 Å². The van der Waals surface area contributed by atoms with E-state index in [0.717, 1.165) is 6.07 Å². The molecule has 0 bridgehead atoms. The van der Waals surface area contributed by atoms with Gasteiger partial charge in [0.05, 0.1) is 0 Å².